The van der Waals surface area contributed by atoms with Crippen LogP contribution in [0.4, 0.5) is 11.4 Å². The predicted molar refractivity (Wildman–Crippen MR) is 72.1 cm³/mol. The number of rotatable bonds is 3. The van der Waals surface area contributed by atoms with E-state index in [9.17, 15) is 10.1 Å². The molecule has 0 bridgehead atoms. The molecule has 2 rings (SSSR count). The van der Waals surface area contributed by atoms with Gasteiger partial charge in [-0.25, -0.2) is 0 Å². The number of benzene rings is 1. The second kappa shape index (κ2) is 5.35. The van der Waals surface area contributed by atoms with Crippen molar-refractivity contribution in [2.24, 2.45) is 0 Å². The van der Waals surface area contributed by atoms with Crippen LogP contribution in [0.2, 0.25) is 0 Å². The van der Waals surface area contributed by atoms with Gasteiger partial charge in [-0.3, -0.25) is 10.1 Å². The van der Waals surface area contributed by atoms with Crippen LogP contribution in [0.15, 0.2) is 18.2 Å². The number of nitro benzene ring substituents is 1. The quantitative estimate of drug-likeness (QED) is 0.658. The van der Waals surface area contributed by atoms with Gasteiger partial charge in [0.1, 0.15) is 0 Å². The number of aryl methyl sites for hydroxylation is 1. The summed E-state index contributed by atoms with van der Waals surface area (Å²) in [5, 5.41) is 14.2. The normalized spacial score (nSPS) is 19.6. The van der Waals surface area contributed by atoms with E-state index < -0.39 is 0 Å². The number of hydrogen-bond donors (Lipinski definition) is 1. The van der Waals surface area contributed by atoms with Crippen molar-refractivity contribution in [3.05, 3.63) is 33.9 Å². The minimum Gasteiger partial charge on any atom is -0.370 e. The molecule has 0 aliphatic carbocycles. The molecule has 1 aliphatic heterocycles. The third-order valence-electron chi connectivity index (χ3n) is 3.48. The number of nitro groups is 1. The number of nitrogens with zero attached hydrogens (tertiary/aromatic N) is 2. The van der Waals surface area contributed by atoms with Crippen LogP contribution in [0, 0.1) is 17.0 Å². The molecule has 98 valence electrons. The summed E-state index contributed by atoms with van der Waals surface area (Å²) in [4.78, 5) is 12.7. The molecule has 0 aromatic heterocycles. The number of nitrogens with one attached hydrogen (secondary N) is 1. The van der Waals surface area contributed by atoms with Crippen molar-refractivity contribution >= 4 is 11.4 Å². The smallest absolute Gasteiger partial charge is 0.271 e. The lowest BCUT2D eigenvalue weighted by Crippen LogP contribution is -2.44. The van der Waals surface area contributed by atoms with Crippen molar-refractivity contribution in [3.8, 4) is 0 Å². The molecule has 5 nitrogen and oxygen atoms in total. The van der Waals surface area contributed by atoms with E-state index in [1.165, 1.54) is 0 Å². The summed E-state index contributed by atoms with van der Waals surface area (Å²) in [7, 11) is 2.01. The van der Waals surface area contributed by atoms with E-state index in [1.54, 1.807) is 12.1 Å². The third-order valence-corrected chi connectivity index (χ3v) is 3.48. The summed E-state index contributed by atoms with van der Waals surface area (Å²) < 4.78 is 0. The third kappa shape index (κ3) is 2.79. The second-order valence-corrected chi connectivity index (χ2v) is 4.89. The molecule has 0 amide bonds. The highest BCUT2D eigenvalue weighted by molar-refractivity contribution is 5.56. The Labute approximate surface area is 107 Å². The Morgan fingerprint density at radius 3 is 2.83 bits per heavy atom. The molecule has 1 aromatic carbocycles. The van der Waals surface area contributed by atoms with Crippen LogP contribution < -0.4 is 10.2 Å². The van der Waals surface area contributed by atoms with Crippen LogP contribution >= 0.6 is 0 Å². The maximum absolute atomic E-state index is 10.9. The molecule has 1 saturated heterocycles. The molecular formula is C13H19N3O2. The van der Waals surface area contributed by atoms with Gasteiger partial charge >= 0.3 is 0 Å². The maximum atomic E-state index is 10.9. The summed E-state index contributed by atoms with van der Waals surface area (Å²) >= 11 is 0. The molecule has 1 N–H and O–H groups in total. The van der Waals surface area contributed by atoms with Crippen LogP contribution in [0.25, 0.3) is 0 Å². The first-order chi connectivity index (χ1) is 8.58. The van der Waals surface area contributed by atoms with E-state index >= 15 is 0 Å². The summed E-state index contributed by atoms with van der Waals surface area (Å²) in [6.45, 7) is 3.90. The molecule has 0 saturated carbocycles. The molecule has 1 aliphatic rings. The fourth-order valence-electron chi connectivity index (χ4n) is 2.43. The lowest BCUT2D eigenvalue weighted by atomic mass is 10.0. The van der Waals surface area contributed by atoms with Crippen molar-refractivity contribution in [2.45, 2.75) is 25.8 Å². The van der Waals surface area contributed by atoms with Gasteiger partial charge in [0, 0.05) is 37.5 Å². The molecule has 5 heteroatoms. The van der Waals surface area contributed by atoms with Crippen molar-refractivity contribution < 1.29 is 4.92 Å². The minimum absolute atomic E-state index is 0.167. The molecule has 0 spiro atoms. The Bertz CT molecular complexity index is 442. The van der Waals surface area contributed by atoms with Gasteiger partial charge in [0.2, 0.25) is 0 Å². The molecule has 1 fully saturated rings. The largest absolute Gasteiger partial charge is 0.370 e. The van der Waals surface area contributed by atoms with E-state index in [1.807, 2.05) is 20.0 Å². The number of piperidine rings is 1. The summed E-state index contributed by atoms with van der Waals surface area (Å²) in [6.07, 6.45) is 2.29. The molecule has 1 aromatic rings. The van der Waals surface area contributed by atoms with Gasteiger partial charge in [0.15, 0.2) is 0 Å². The fourth-order valence-corrected chi connectivity index (χ4v) is 2.43. The Hall–Kier alpha value is -1.62. The number of likely N-dealkylation sites (N-methyl/N-ethyl adjacent to an activating group) is 1. The zero-order valence-electron chi connectivity index (χ0n) is 10.8. The van der Waals surface area contributed by atoms with Crippen LogP contribution in [-0.4, -0.2) is 31.1 Å². The highest BCUT2D eigenvalue weighted by atomic mass is 16.6. The number of hydrogen-bond acceptors (Lipinski definition) is 4. The monoisotopic (exact) mass is 249 g/mol. The van der Waals surface area contributed by atoms with E-state index in [0.717, 1.165) is 37.2 Å². The van der Waals surface area contributed by atoms with Gasteiger partial charge in [-0.15, -0.1) is 0 Å². The lowest BCUT2D eigenvalue weighted by molar-refractivity contribution is -0.384. The topological polar surface area (TPSA) is 58.4 Å². The Morgan fingerprint density at radius 2 is 2.22 bits per heavy atom. The molecule has 18 heavy (non-hydrogen) atoms. The Balaban J connectivity index is 2.23. The summed E-state index contributed by atoms with van der Waals surface area (Å²) in [5.41, 5.74) is 2.02. The summed E-state index contributed by atoms with van der Waals surface area (Å²) in [5.74, 6) is 0. The maximum Gasteiger partial charge on any atom is 0.271 e. The molecule has 0 radical (unpaired) electrons. The van der Waals surface area contributed by atoms with Gasteiger partial charge in [-0.2, -0.15) is 0 Å². The Morgan fingerprint density at radius 1 is 1.44 bits per heavy atom. The van der Waals surface area contributed by atoms with Gasteiger partial charge in [0.05, 0.1) is 4.92 Å². The average Bonchev–Trinajstić information content (AvgIpc) is 2.38. The van der Waals surface area contributed by atoms with Crippen LogP contribution in [0.3, 0.4) is 0 Å². The first-order valence-electron chi connectivity index (χ1n) is 6.27. The van der Waals surface area contributed by atoms with Crippen molar-refractivity contribution in [2.75, 3.05) is 25.0 Å². The Kier molecular flexibility index (Phi) is 3.81. The second-order valence-electron chi connectivity index (χ2n) is 4.89. The minimum atomic E-state index is -0.330. The standard InChI is InChI=1S/C13H19N3O2/c1-10-6-12(8-13(7-10)16(17)18)15(2)11-4-3-5-14-9-11/h6-8,11,14H,3-5,9H2,1-2H3. The van der Waals surface area contributed by atoms with E-state index in [-0.39, 0.29) is 10.6 Å². The SMILES string of the molecule is Cc1cc(N(C)C2CCCNC2)cc([N+](=O)[O-])c1. The van der Waals surface area contributed by atoms with Crippen LogP contribution in [0.5, 0.6) is 0 Å². The fraction of sp³-hybridized carbons (Fsp3) is 0.538. The lowest BCUT2D eigenvalue weighted by Gasteiger charge is -2.33. The van der Waals surface area contributed by atoms with Crippen LogP contribution in [0.1, 0.15) is 18.4 Å². The van der Waals surface area contributed by atoms with Gasteiger partial charge in [-0.05, 0) is 37.9 Å². The molecule has 1 atom stereocenters. The average molecular weight is 249 g/mol. The van der Waals surface area contributed by atoms with Gasteiger partial charge in [-0.1, -0.05) is 0 Å². The van der Waals surface area contributed by atoms with E-state index in [2.05, 4.69) is 10.2 Å². The number of non-ortho nitro benzene ring substituents is 1. The highest BCUT2D eigenvalue weighted by Gasteiger charge is 2.19. The van der Waals surface area contributed by atoms with Crippen molar-refractivity contribution in [1.82, 2.24) is 5.32 Å². The predicted octanol–water partition coefficient (Wildman–Crippen LogP) is 2.09. The van der Waals surface area contributed by atoms with Gasteiger partial charge in [0.25, 0.3) is 5.69 Å². The van der Waals surface area contributed by atoms with Crippen molar-refractivity contribution in [1.29, 1.82) is 0 Å². The highest BCUT2D eigenvalue weighted by Crippen LogP contribution is 2.25. The van der Waals surface area contributed by atoms with Gasteiger partial charge < -0.3 is 10.2 Å². The zero-order chi connectivity index (χ0) is 13.1. The zero-order valence-corrected chi connectivity index (χ0v) is 10.8. The molecule has 1 heterocycles. The van der Waals surface area contributed by atoms with E-state index in [4.69, 9.17) is 0 Å². The molecular weight excluding hydrogens is 230 g/mol. The first-order valence-corrected chi connectivity index (χ1v) is 6.27. The van der Waals surface area contributed by atoms with Crippen LogP contribution in [-0.2, 0) is 0 Å². The summed E-state index contributed by atoms with van der Waals surface area (Å²) in [6, 6.07) is 5.68. The van der Waals surface area contributed by atoms with Crippen molar-refractivity contribution in [3.63, 3.8) is 0 Å². The molecule has 1 unspecified atom stereocenters. The van der Waals surface area contributed by atoms with E-state index in [0.29, 0.717) is 6.04 Å². The first kappa shape index (κ1) is 12.8. The number of anilines is 1.